The predicted molar refractivity (Wildman–Crippen MR) is 109 cm³/mol. The summed E-state index contributed by atoms with van der Waals surface area (Å²) < 4.78 is 5.39. The average molecular weight is 404 g/mol. The van der Waals surface area contributed by atoms with E-state index < -0.39 is 0 Å². The average Bonchev–Trinajstić information content (AvgIpc) is 2.61. The van der Waals surface area contributed by atoms with Gasteiger partial charge in [-0.25, -0.2) is 0 Å². The van der Waals surface area contributed by atoms with E-state index in [-0.39, 0.29) is 42.7 Å². The van der Waals surface area contributed by atoms with Crippen LogP contribution in [0.4, 0.5) is 0 Å². The van der Waals surface area contributed by atoms with E-state index in [4.69, 9.17) is 10.5 Å². The molecule has 0 bridgehead atoms. The Kier molecular flexibility index (Phi) is 10.5. The molecule has 2 atom stereocenters. The van der Waals surface area contributed by atoms with E-state index in [0.717, 1.165) is 64.1 Å². The van der Waals surface area contributed by atoms with Crippen molar-refractivity contribution in [3.63, 3.8) is 0 Å². The highest BCUT2D eigenvalue weighted by Gasteiger charge is 2.24. The maximum atomic E-state index is 12.3. The van der Waals surface area contributed by atoms with Crippen molar-refractivity contribution in [2.45, 2.75) is 44.8 Å². The monoisotopic (exact) mass is 403 g/mol. The molecule has 1 heterocycles. The Morgan fingerprint density at radius 2 is 1.92 bits per heavy atom. The van der Waals surface area contributed by atoms with Crippen molar-refractivity contribution in [2.24, 2.45) is 11.7 Å². The second-order valence-corrected chi connectivity index (χ2v) is 7.05. The third-order valence-corrected chi connectivity index (χ3v) is 5.05. The summed E-state index contributed by atoms with van der Waals surface area (Å²) in [5, 5.41) is 3.09. The van der Waals surface area contributed by atoms with Gasteiger partial charge in [0.25, 0.3) is 0 Å². The van der Waals surface area contributed by atoms with Crippen LogP contribution < -0.4 is 11.1 Å². The molecule has 0 aromatic heterocycles. The van der Waals surface area contributed by atoms with Gasteiger partial charge in [-0.05, 0) is 30.4 Å². The number of nitrogens with zero attached hydrogens (tertiary/aromatic N) is 1. The second kappa shape index (κ2) is 11.8. The van der Waals surface area contributed by atoms with Crippen molar-refractivity contribution in [3.8, 4) is 0 Å². The zero-order valence-electron chi connectivity index (χ0n) is 15.2. The van der Waals surface area contributed by atoms with Gasteiger partial charge in [-0.1, -0.05) is 30.7 Å². The second-order valence-electron chi connectivity index (χ2n) is 7.05. The minimum absolute atomic E-state index is 0. The highest BCUT2D eigenvalue weighted by atomic mass is 35.5. The van der Waals surface area contributed by atoms with E-state index in [1.54, 1.807) is 0 Å². The van der Waals surface area contributed by atoms with E-state index in [1.807, 2.05) is 0 Å². The summed E-state index contributed by atoms with van der Waals surface area (Å²) >= 11 is 0. The highest BCUT2D eigenvalue weighted by Crippen LogP contribution is 2.23. The van der Waals surface area contributed by atoms with Gasteiger partial charge in [0, 0.05) is 38.1 Å². The van der Waals surface area contributed by atoms with Crippen LogP contribution in [0.2, 0.25) is 0 Å². The standard InChI is InChI=1S/C19H29N3O2.2ClH/c20-18-6-2-5-17(12-18)19(23)21-13-15-3-1-4-16(11-15)14-22-7-9-24-10-8-22;;/h1,3-4,11,17-18H,2,5-10,12-14,20H2,(H,21,23);2*1H. The Balaban J connectivity index is 0.00000169. The Bertz CT molecular complexity index is 553. The number of nitrogens with two attached hydrogens (primary N) is 1. The number of amides is 1. The minimum Gasteiger partial charge on any atom is -0.379 e. The van der Waals surface area contributed by atoms with Crippen LogP contribution in [0.15, 0.2) is 24.3 Å². The molecule has 3 N–H and O–H groups in total. The quantitative estimate of drug-likeness (QED) is 0.792. The zero-order valence-corrected chi connectivity index (χ0v) is 16.8. The van der Waals surface area contributed by atoms with Crippen LogP contribution in [0.3, 0.4) is 0 Å². The van der Waals surface area contributed by atoms with Gasteiger partial charge in [-0.3, -0.25) is 9.69 Å². The first-order valence-corrected chi connectivity index (χ1v) is 9.12. The number of rotatable bonds is 5. The van der Waals surface area contributed by atoms with E-state index >= 15 is 0 Å². The van der Waals surface area contributed by atoms with E-state index in [2.05, 4.69) is 34.5 Å². The fourth-order valence-electron chi connectivity index (χ4n) is 3.65. The Hall–Kier alpha value is -0.850. The first kappa shape index (κ1) is 23.2. The topological polar surface area (TPSA) is 67.6 Å². The van der Waals surface area contributed by atoms with E-state index in [1.165, 1.54) is 5.56 Å². The molecule has 2 aliphatic rings. The maximum absolute atomic E-state index is 12.3. The molecule has 26 heavy (non-hydrogen) atoms. The molecule has 1 amide bonds. The van der Waals surface area contributed by atoms with Crippen molar-refractivity contribution in [3.05, 3.63) is 35.4 Å². The molecule has 148 valence electrons. The summed E-state index contributed by atoms with van der Waals surface area (Å²) in [5.41, 5.74) is 8.44. The molecular weight excluding hydrogens is 373 g/mol. The minimum atomic E-state index is 0. The SMILES string of the molecule is Cl.Cl.NC1CCCC(C(=O)NCc2cccc(CN3CCOCC3)c2)C1. The number of ether oxygens (including phenoxy) is 1. The number of benzene rings is 1. The van der Waals surface area contributed by atoms with E-state index in [0.29, 0.717) is 6.54 Å². The molecule has 7 heteroatoms. The van der Waals surface area contributed by atoms with Crippen LogP contribution in [-0.2, 0) is 22.6 Å². The first-order chi connectivity index (χ1) is 11.7. The van der Waals surface area contributed by atoms with Gasteiger partial charge in [0.05, 0.1) is 13.2 Å². The van der Waals surface area contributed by atoms with Crippen molar-refractivity contribution < 1.29 is 9.53 Å². The predicted octanol–water partition coefficient (Wildman–Crippen LogP) is 2.50. The molecule has 2 unspecified atom stereocenters. The van der Waals surface area contributed by atoms with Crippen LogP contribution >= 0.6 is 24.8 Å². The molecule has 1 aliphatic heterocycles. The number of morpholine rings is 1. The van der Waals surface area contributed by atoms with Crippen LogP contribution in [0.1, 0.15) is 36.8 Å². The van der Waals surface area contributed by atoms with Crippen LogP contribution in [0.25, 0.3) is 0 Å². The first-order valence-electron chi connectivity index (χ1n) is 9.12. The molecule has 1 aromatic carbocycles. The molecule has 2 fully saturated rings. The van der Waals surface area contributed by atoms with Gasteiger partial charge in [0.15, 0.2) is 0 Å². The highest BCUT2D eigenvalue weighted by molar-refractivity contribution is 5.85. The zero-order chi connectivity index (χ0) is 16.8. The summed E-state index contributed by atoms with van der Waals surface area (Å²) in [7, 11) is 0. The normalized spacial score (nSPS) is 23.4. The van der Waals surface area contributed by atoms with Gasteiger partial charge in [-0.15, -0.1) is 24.8 Å². The van der Waals surface area contributed by atoms with Crippen molar-refractivity contribution in [2.75, 3.05) is 26.3 Å². The third kappa shape index (κ3) is 7.05. The number of carbonyl (C=O) groups is 1. The van der Waals surface area contributed by atoms with Crippen molar-refractivity contribution in [1.82, 2.24) is 10.2 Å². The Morgan fingerprint density at radius 3 is 2.65 bits per heavy atom. The van der Waals surface area contributed by atoms with Gasteiger partial charge in [0.1, 0.15) is 0 Å². The number of carbonyl (C=O) groups excluding carboxylic acids is 1. The lowest BCUT2D eigenvalue weighted by atomic mass is 9.85. The third-order valence-electron chi connectivity index (χ3n) is 5.05. The fourth-order valence-corrected chi connectivity index (χ4v) is 3.65. The van der Waals surface area contributed by atoms with Crippen LogP contribution in [0.5, 0.6) is 0 Å². The summed E-state index contributed by atoms with van der Waals surface area (Å²) in [6.45, 7) is 5.16. The lowest BCUT2D eigenvalue weighted by Crippen LogP contribution is -2.37. The molecule has 0 radical (unpaired) electrons. The summed E-state index contributed by atoms with van der Waals surface area (Å²) in [4.78, 5) is 14.7. The maximum Gasteiger partial charge on any atom is 0.223 e. The largest absolute Gasteiger partial charge is 0.379 e. The summed E-state index contributed by atoms with van der Waals surface area (Å²) in [6, 6.07) is 8.69. The van der Waals surface area contributed by atoms with Crippen molar-refractivity contribution >= 4 is 30.7 Å². The number of halogens is 2. The van der Waals surface area contributed by atoms with Crippen LogP contribution in [-0.4, -0.2) is 43.2 Å². The molecular formula is C19H31Cl2N3O2. The molecule has 0 spiro atoms. The van der Waals surface area contributed by atoms with Gasteiger partial charge in [-0.2, -0.15) is 0 Å². The summed E-state index contributed by atoms with van der Waals surface area (Å²) in [6.07, 6.45) is 3.90. The Morgan fingerprint density at radius 1 is 1.19 bits per heavy atom. The number of hydrogen-bond acceptors (Lipinski definition) is 4. The molecule has 1 aromatic rings. The van der Waals surface area contributed by atoms with Gasteiger partial charge in [0.2, 0.25) is 5.91 Å². The lowest BCUT2D eigenvalue weighted by molar-refractivity contribution is -0.126. The van der Waals surface area contributed by atoms with E-state index in [9.17, 15) is 4.79 Å². The molecule has 1 aliphatic carbocycles. The molecule has 1 saturated heterocycles. The lowest BCUT2D eigenvalue weighted by Gasteiger charge is -2.27. The fraction of sp³-hybridized carbons (Fsp3) is 0.632. The number of hydrogen-bond donors (Lipinski definition) is 2. The van der Waals surface area contributed by atoms with Gasteiger partial charge < -0.3 is 15.8 Å². The molecule has 3 rings (SSSR count). The Labute approximate surface area is 168 Å². The molecule has 5 nitrogen and oxygen atoms in total. The number of nitrogens with one attached hydrogen (secondary N) is 1. The van der Waals surface area contributed by atoms with Gasteiger partial charge >= 0.3 is 0 Å². The van der Waals surface area contributed by atoms with Crippen molar-refractivity contribution in [1.29, 1.82) is 0 Å². The smallest absolute Gasteiger partial charge is 0.223 e. The molecule has 1 saturated carbocycles. The van der Waals surface area contributed by atoms with Crippen LogP contribution in [0, 0.1) is 5.92 Å². The summed E-state index contributed by atoms with van der Waals surface area (Å²) in [5.74, 6) is 0.244.